The monoisotopic (exact) mass is 285 g/mol. The largest absolute Gasteiger partial charge is 0.243 e. The zero-order valence-corrected chi connectivity index (χ0v) is 12.4. The van der Waals surface area contributed by atoms with Gasteiger partial charge in [-0.2, -0.15) is 4.31 Å². The normalized spacial score (nSPS) is 17.5. The second-order valence-corrected chi connectivity index (χ2v) is 7.51. The minimum absolute atomic E-state index is 0.176. The molecule has 0 heterocycles. The summed E-state index contributed by atoms with van der Waals surface area (Å²) < 4.78 is 26.4. The summed E-state index contributed by atoms with van der Waals surface area (Å²) in [6.07, 6.45) is 6.22. The Morgan fingerprint density at radius 2 is 1.72 bits per heavy atom. The fourth-order valence-electron chi connectivity index (χ4n) is 2.38. The van der Waals surface area contributed by atoms with Gasteiger partial charge in [0.2, 0.25) is 10.0 Å². The topological polar surface area (TPSA) is 37.4 Å². The third kappa shape index (κ3) is 2.73. The van der Waals surface area contributed by atoms with Crippen molar-refractivity contribution < 1.29 is 8.42 Å². The van der Waals surface area contributed by atoms with Crippen molar-refractivity contribution >= 4 is 21.8 Å². The van der Waals surface area contributed by atoms with Gasteiger partial charge in [0.15, 0.2) is 0 Å². The van der Waals surface area contributed by atoms with Crippen molar-refractivity contribution in [1.29, 1.82) is 0 Å². The van der Waals surface area contributed by atoms with Crippen molar-refractivity contribution in [3.63, 3.8) is 0 Å². The Labute approximate surface area is 114 Å². The van der Waals surface area contributed by atoms with Crippen LogP contribution in [-0.2, 0) is 10.0 Å². The molecule has 0 aliphatic heterocycles. The fourth-order valence-corrected chi connectivity index (χ4v) is 4.20. The zero-order chi connectivity index (χ0) is 13.2. The lowest BCUT2D eigenvalue weighted by Crippen LogP contribution is -2.35. The Hall–Kier alpha value is -0.520. The summed E-state index contributed by atoms with van der Waals surface area (Å²) in [5.41, 5.74) is 0. The molecule has 3 nitrogen and oxygen atoms in total. The van der Waals surface area contributed by atoms with Crippen molar-refractivity contribution in [1.82, 2.24) is 4.31 Å². The number of hydrogen-bond donors (Lipinski definition) is 0. The number of nitrogens with zero attached hydrogens (tertiary/aromatic N) is 1. The van der Waals surface area contributed by atoms with E-state index < -0.39 is 10.0 Å². The Morgan fingerprint density at radius 3 is 2.22 bits per heavy atom. The summed E-state index contributed by atoms with van der Waals surface area (Å²) in [5, 5.41) is 0. The first-order valence-corrected chi connectivity index (χ1v) is 8.84. The Kier molecular flexibility index (Phi) is 4.35. The van der Waals surface area contributed by atoms with Crippen molar-refractivity contribution in [2.75, 3.05) is 13.3 Å². The predicted octanol–water partition coefficient (Wildman–Crippen LogP) is 2.97. The molecule has 0 N–H and O–H groups in total. The molecule has 0 amide bonds. The molecule has 0 spiro atoms. The van der Waals surface area contributed by atoms with Gasteiger partial charge in [0, 0.05) is 18.0 Å². The van der Waals surface area contributed by atoms with Crippen molar-refractivity contribution in [2.24, 2.45) is 0 Å². The molecule has 1 aliphatic rings. The van der Waals surface area contributed by atoms with E-state index in [1.54, 1.807) is 35.2 Å². The molecule has 1 fully saturated rings. The van der Waals surface area contributed by atoms with Crippen LogP contribution in [0.4, 0.5) is 0 Å². The van der Waals surface area contributed by atoms with Gasteiger partial charge in [-0.25, -0.2) is 8.42 Å². The van der Waals surface area contributed by atoms with Crippen LogP contribution in [-0.4, -0.2) is 32.1 Å². The lowest BCUT2D eigenvalue weighted by atomic mass is 10.3. The van der Waals surface area contributed by atoms with Crippen LogP contribution in [0.15, 0.2) is 34.1 Å². The van der Waals surface area contributed by atoms with E-state index in [1.807, 2.05) is 18.4 Å². The van der Waals surface area contributed by atoms with E-state index in [2.05, 4.69) is 0 Å². The van der Waals surface area contributed by atoms with Gasteiger partial charge in [0.1, 0.15) is 0 Å². The van der Waals surface area contributed by atoms with Crippen LogP contribution in [0.25, 0.3) is 0 Å². The van der Waals surface area contributed by atoms with Crippen LogP contribution in [0, 0.1) is 0 Å². The van der Waals surface area contributed by atoms with E-state index in [0.29, 0.717) is 4.90 Å². The second kappa shape index (κ2) is 5.63. The van der Waals surface area contributed by atoms with Crippen LogP contribution >= 0.6 is 11.8 Å². The standard InChI is InChI=1S/C13H19NO2S2/c1-14(11-5-3-4-6-11)18(15,16)13-9-7-12(17-2)8-10-13/h7-11H,3-6H2,1-2H3. The first-order chi connectivity index (χ1) is 8.55. The lowest BCUT2D eigenvalue weighted by molar-refractivity contribution is 0.373. The molecule has 18 heavy (non-hydrogen) atoms. The van der Waals surface area contributed by atoms with E-state index in [0.717, 1.165) is 30.6 Å². The molecule has 0 radical (unpaired) electrons. The molecule has 0 bridgehead atoms. The molecule has 0 aromatic heterocycles. The summed E-state index contributed by atoms with van der Waals surface area (Å²) in [5.74, 6) is 0. The molecule has 0 saturated heterocycles. The Balaban J connectivity index is 2.23. The van der Waals surface area contributed by atoms with Gasteiger partial charge in [-0.1, -0.05) is 12.8 Å². The third-order valence-electron chi connectivity index (χ3n) is 3.58. The quantitative estimate of drug-likeness (QED) is 0.798. The molecule has 1 aromatic carbocycles. The van der Waals surface area contributed by atoms with Gasteiger partial charge in [-0.15, -0.1) is 11.8 Å². The molecule has 5 heteroatoms. The average Bonchev–Trinajstić information content (AvgIpc) is 2.91. The molecule has 1 saturated carbocycles. The number of thioether (sulfide) groups is 1. The number of benzene rings is 1. The molecular formula is C13H19NO2S2. The molecule has 1 aliphatic carbocycles. The summed E-state index contributed by atoms with van der Waals surface area (Å²) in [6, 6.07) is 7.30. The maximum atomic E-state index is 12.4. The Bertz CT molecular complexity index is 490. The van der Waals surface area contributed by atoms with E-state index >= 15 is 0 Å². The summed E-state index contributed by atoms with van der Waals surface area (Å²) in [7, 11) is -1.62. The van der Waals surface area contributed by atoms with E-state index in [-0.39, 0.29) is 6.04 Å². The lowest BCUT2D eigenvalue weighted by Gasteiger charge is -2.23. The minimum atomic E-state index is -3.32. The highest BCUT2D eigenvalue weighted by Crippen LogP contribution is 2.27. The van der Waals surface area contributed by atoms with Crippen molar-refractivity contribution in [2.45, 2.75) is 41.5 Å². The van der Waals surface area contributed by atoms with Crippen LogP contribution < -0.4 is 0 Å². The van der Waals surface area contributed by atoms with E-state index in [1.165, 1.54) is 0 Å². The Morgan fingerprint density at radius 1 is 1.17 bits per heavy atom. The average molecular weight is 285 g/mol. The molecule has 100 valence electrons. The highest BCUT2D eigenvalue weighted by Gasteiger charge is 2.29. The van der Waals surface area contributed by atoms with Crippen LogP contribution in [0.5, 0.6) is 0 Å². The maximum Gasteiger partial charge on any atom is 0.243 e. The molecule has 2 rings (SSSR count). The molecule has 1 aromatic rings. The predicted molar refractivity (Wildman–Crippen MR) is 75.4 cm³/mol. The van der Waals surface area contributed by atoms with Gasteiger partial charge in [0.25, 0.3) is 0 Å². The van der Waals surface area contributed by atoms with Crippen LogP contribution in [0.2, 0.25) is 0 Å². The van der Waals surface area contributed by atoms with Gasteiger partial charge < -0.3 is 0 Å². The van der Waals surface area contributed by atoms with Gasteiger partial charge in [0.05, 0.1) is 4.90 Å². The summed E-state index contributed by atoms with van der Waals surface area (Å²) >= 11 is 1.61. The van der Waals surface area contributed by atoms with Crippen molar-refractivity contribution in [3.05, 3.63) is 24.3 Å². The van der Waals surface area contributed by atoms with Crippen molar-refractivity contribution in [3.8, 4) is 0 Å². The van der Waals surface area contributed by atoms with Crippen LogP contribution in [0.3, 0.4) is 0 Å². The number of hydrogen-bond acceptors (Lipinski definition) is 3. The van der Waals surface area contributed by atoms with Crippen LogP contribution in [0.1, 0.15) is 25.7 Å². The second-order valence-electron chi connectivity index (χ2n) is 4.64. The van der Waals surface area contributed by atoms with Gasteiger partial charge in [-0.3, -0.25) is 0 Å². The molecule has 0 unspecified atom stereocenters. The van der Waals surface area contributed by atoms with E-state index in [9.17, 15) is 8.42 Å². The summed E-state index contributed by atoms with van der Waals surface area (Å²) in [4.78, 5) is 1.48. The number of rotatable bonds is 4. The molecule has 0 atom stereocenters. The minimum Gasteiger partial charge on any atom is -0.207 e. The first-order valence-electron chi connectivity index (χ1n) is 6.18. The maximum absolute atomic E-state index is 12.4. The zero-order valence-electron chi connectivity index (χ0n) is 10.8. The molecular weight excluding hydrogens is 266 g/mol. The van der Waals surface area contributed by atoms with Gasteiger partial charge >= 0.3 is 0 Å². The van der Waals surface area contributed by atoms with Gasteiger partial charge in [-0.05, 0) is 43.4 Å². The smallest absolute Gasteiger partial charge is 0.207 e. The highest BCUT2D eigenvalue weighted by atomic mass is 32.2. The SMILES string of the molecule is CSc1ccc(S(=O)(=O)N(C)C2CCCC2)cc1. The highest BCUT2D eigenvalue weighted by molar-refractivity contribution is 7.98. The number of sulfonamides is 1. The summed E-state index contributed by atoms with van der Waals surface area (Å²) in [6.45, 7) is 0. The first kappa shape index (κ1) is 13.9. The third-order valence-corrected chi connectivity index (χ3v) is 6.24. The fraction of sp³-hybridized carbons (Fsp3) is 0.538. The van der Waals surface area contributed by atoms with E-state index in [4.69, 9.17) is 0 Å².